The highest BCUT2D eigenvalue weighted by atomic mass is 16.5. The number of hydrogen-bond acceptors (Lipinski definition) is 4. The molecule has 1 unspecified atom stereocenters. The first-order valence-electron chi connectivity index (χ1n) is 8.53. The van der Waals surface area contributed by atoms with Gasteiger partial charge in [0.05, 0.1) is 17.7 Å². The van der Waals surface area contributed by atoms with Crippen LogP contribution in [0.25, 0.3) is 0 Å². The van der Waals surface area contributed by atoms with E-state index in [2.05, 4.69) is 11.1 Å². The van der Waals surface area contributed by atoms with E-state index in [0.29, 0.717) is 22.6 Å². The lowest BCUT2D eigenvalue weighted by Crippen LogP contribution is -2.29. The number of pyridine rings is 1. The van der Waals surface area contributed by atoms with E-state index in [0.717, 1.165) is 5.56 Å². The monoisotopic (exact) mass is 357 g/mol. The highest BCUT2D eigenvalue weighted by Crippen LogP contribution is 2.25. The zero-order chi connectivity index (χ0) is 19.2. The molecule has 0 bridgehead atoms. The molecule has 0 saturated heterocycles. The van der Waals surface area contributed by atoms with Gasteiger partial charge in [0.15, 0.2) is 0 Å². The number of amides is 1. The van der Waals surface area contributed by atoms with Crippen LogP contribution in [0.1, 0.15) is 34.5 Å². The number of rotatable bonds is 5. The molecule has 0 saturated carbocycles. The Kier molecular flexibility index (Phi) is 5.48. The van der Waals surface area contributed by atoms with Gasteiger partial charge in [0.1, 0.15) is 11.5 Å². The van der Waals surface area contributed by atoms with Gasteiger partial charge in [0, 0.05) is 25.0 Å². The molecule has 2 aromatic carbocycles. The zero-order valence-corrected chi connectivity index (χ0v) is 15.2. The minimum Gasteiger partial charge on any atom is -0.457 e. The van der Waals surface area contributed by atoms with Gasteiger partial charge in [0.25, 0.3) is 5.91 Å². The van der Waals surface area contributed by atoms with E-state index in [1.54, 1.807) is 72.9 Å². The van der Waals surface area contributed by atoms with Gasteiger partial charge in [-0.15, -0.1) is 0 Å². The lowest BCUT2D eigenvalue weighted by atomic mass is 10.1. The summed E-state index contributed by atoms with van der Waals surface area (Å²) in [6.07, 6.45) is 3.47. The summed E-state index contributed by atoms with van der Waals surface area (Å²) < 4.78 is 5.80. The summed E-state index contributed by atoms with van der Waals surface area (Å²) in [5.41, 5.74) is 2.08. The third-order valence-electron chi connectivity index (χ3n) is 4.37. The molecule has 1 amide bonds. The van der Waals surface area contributed by atoms with Crippen LogP contribution < -0.4 is 4.74 Å². The summed E-state index contributed by atoms with van der Waals surface area (Å²) in [6.45, 7) is 1.96. The highest BCUT2D eigenvalue weighted by Gasteiger charge is 2.19. The normalized spacial score (nSPS) is 11.3. The minimum absolute atomic E-state index is 0.100. The standard InChI is InChI=1S/C22H19N3O2/c1-16(19-6-4-12-24-15-19)25(2)22(26)18-5-3-7-21(13-18)27-20-10-8-17(14-23)9-11-20/h3-13,15-16H,1-2H3. The summed E-state index contributed by atoms with van der Waals surface area (Å²) in [5.74, 6) is 1.07. The Morgan fingerprint density at radius 1 is 1.11 bits per heavy atom. The van der Waals surface area contributed by atoms with Crippen LogP contribution in [0, 0.1) is 11.3 Å². The average Bonchev–Trinajstić information content (AvgIpc) is 2.73. The van der Waals surface area contributed by atoms with Crippen molar-refractivity contribution in [3.05, 3.63) is 89.7 Å². The molecule has 5 heteroatoms. The maximum atomic E-state index is 12.9. The van der Waals surface area contributed by atoms with Crippen molar-refractivity contribution in [3.8, 4) is 17.6 Å². The van der Waals surface area contributed by atoms with E-state index in [9.17, 15) is 4.79 Å². The third-order valence-corrected chi connectivity index (χ3v) is 4.37. The van der Waals surface area contributed by atoms with Crippen LogP contribution in [-0.2, 0) is 0 Å². The topological polar surface area (TPSA) is 66.2 Å². The fourth-order valence-electron chi connectivity index (χ4n) is 2.65. The van der Waals surface area contributed by atoms with Crippen LogP contribution in [0.3, 0.4) is 0 Å². The van der Waals surface area contributed by atoms with Gasteiger partial charge in [0.2, 0.25) is 0 Å². The van der Waals surface area contributed by atoms with Crippen molar-refractivity contribution >= 4 is 5.91 Å². The van der Waals surface area contributed by atoms with E-state index >= 15 is 0 Å². The third kappa shape index (κ3) is 4.31. The molecule has 5 nitrogen and oxygen atoms in total. The van der Waals surface area contributed by atoms with Crippen molar-refractivity contribution in [1.29, 1.82) is 5.26 Å². The molecular weight excluding hydrogens is 338 g/mol. The molecule has 1 heterocycles. The van der Waals surface area contributed by atoms with E-state index < -0.39 is 0 Å². The predicted molar refractivity (Wildman–Crippen MR) is 102 cm³/mol. The minimum atomic E-state index is -0.102. The van der Waals surface area contributed by atoms with Crippen molar-refractivity contribution in [2.24, 2.45) is 0 Å². The van der Waals surface area contributed by atoms with Crippen LogP contribution in [0.5, 0.6) is 11.5 Å². The summed E-state index contributed by atoms with van der Waals surface area (Å²) >= 11 is 0. The second kappa shape index (κ2) is 8.15. The Balaban J connectivity index is 1.75. The molecule has 0 radical (unpaired) electrons. The van der Waals surface area contributed by atoms with E-state index in [-0.39, 0.29) is 11.9 Å². The molecule has 0 aliphatic carbocycles. The zero-order valence-electron chi connectivity index (χ0n) is 15.2. The SMILES string of the molecule is CC(c1cccnc1)N(C)C(=O)c1cccc(Oc2ccc(C#N)cc2)c1. The number of aromatic nitrogens is 1. The largest absolute Gasteiger partial charge is 0.457 e. The highest BCUT2D eigenvalue weighted by molar-refractivity contribution is 5.94. The Bertz CT molecular complexity index is 963. The first-order chi connectivity index (χ1) is 13.1. The predicted octanol–water partition coefficient (Wildman–Crippen LogP) is 4.58. The number of carbonyl (C=O) groups is 1. The lowest BCUT2D eigenvalue weighted by molar-refractivity contribution is 0.0742. The molecule has 0 aliphatic heterocycles. The van der Waals surface area contributed by atoms with Gasteiger partial charge < -0.3 is 9.64 Å². The number of nitriles is 1. The van der Waals surface area contributed by atoms with Gasteiger partial charge in [-0.1, -0.05) is 12.1 Å². The van der Waals surface area contributed by atoms with Gasteiger partial charge in [-0.05, 0) is 61.0 Å². The molecular formula is C22H19N3O2. The van der Waals surface area contributed by atoms with Gasteiger partial charge >= 0.3 is 0 Å². The van der Waals surface area contributed by atoms with Crippen molar-refractivity contribution < 1.29 is 9.53 Å². The Labute approximate surface area is 158 Å². The summed E-state index contributed by atoms with van der Waals surface area (Å²) in [6, 6.07) is 19.7. The van der Waals surface area contributed by atoms with Crippen LogP contribution in [0.2, 0.25) is 0 Å². The number of carbonyl (C=O) groups excluding carboxylic acids is 1. The molecule has 0 spiro atoms. The second-order valence-electron chi connectivity index (χ2n) is 6.14. The molecule has 1 atom stereocenters. The number of benzene rings is 2. The molecule has 27 heavy (non-hydrogen) atoms. The van der Waals surface area contributed by atoms with Crippen molar-refractivity contribution in [2.75, 3.05) is 7.05 Å². The first kappa shape index (κ1) is 18.2. The van der Waals surface area contributed by atoms with Gasteiger partial charge in [-0.25, -0.2) is 0 Å². The molecule has 134 valence electrons. The molecule has 0 aliphatic rings. The van der Waals surface area contributed by atoms with Crippen LogP contribution in [0.15, 0.2) is 73.1 Å². The Morgan fingerprint density at radius 3 is 2.56 bits per heavy atom. The maximum absolute atomic E-state index is 12.9. The Hall–Kier alpha value is -3.65. The van der Waals surface area contributed by atoms with Crippen LogP contribution in [0.4, 0.5) is 0 Å². The fraction of sp³-hybridized carbons (Fsp3) is 0.136. The average molecular weight is 357 g/mol. The van der Waals surface area contributed by atoms with E-state index in [1.165, 1.54) is 0 Å². The fourth-order valence-corrected chi connectivity index (χ4v) is 2.65. The second-order valence-corrected chi connectivity index (χ2v) is 6.14. The van der Waals surface area contributed by atoms with Crippen molar-refractivity contribution in [3.63, 3.8) is 0 Å². The number of hydrogen-bond donors (Lipinski definition) is 0. The Morgan fingerprint density at radius 2 is 1.89 bits per heavy atom. The summed E-state index contributed by atoms with van der Waals surface area (Å²) in [4.78, 5) is 18.7. The summed E-state index contributed by atoms with van der Waals surface area (Å²) in [7, 11) is 1.77. The molecule has 3 aromatic rings. The first-order valence-corrected chi connectivity index (χ1v) is 8.53. The lowest BCUT2D eigenvalue weighted by Gasteiger charge is -2.25. The number of ether oxygens (including phenoxy) is 1. The van der Waals surface area contributed by atoms with Gasteiger partial charge in [-0.2, -0.15) is 5.26 Å². The van der Waals surface area contributed by atoms with Crippen LogP contribution >= 0.6 is 0 Å². The quantitative estimate of drug-likeness (QED) is 0.670. The summed E-state index contributed by atoms with van der Waals surface area (Å²) in [5, 5.41) is 8.86. The van der Waals surface area contributed by atoms with Crippen LogP contribution in [-0.4, -0.2) is 22.8 Å². The maximum Gasteiger partial charge on any atom is 0.254 e. The van der Waals surface area contributed by atoms with E-state index in [4.69, 9.17) is 10.00 Å². The van der Waals surface area contributed by atoms with Crippen molar-refractivity contribution in [1.82, 2.24) is 9.88 Å². The molecule has 3 rings (SSSR count). The molecule has 0 fully saturated rings. The number of nitrogens with zero attached hydrogens (tertiary/aromatic N) is 3. The molecule has 1 aromatic heterocycles. The molecule has 0 N–H and O–H groups in total. The van der Waals surface area contributed by atoms with Crippen molar-refractivity contribution in [2.45, 2.75) is 13.0 Å². The smallest absolute Gasteiger partial charge is 0.254 e. The van der Waals surface area contributed by atoms with E-state index in [1.807, 2.05) is 19.1 Å². The van der Waals surface area contributed by atoms with Gasteiger partial charge in [-0.3, -0.25) is 9.78 Å².